The first kappa shape index (κ1) is 16.3. The number of halogens is 1. The van der Waals surface area contributed by atoms with E-state index in [2.05, 4.69) is 0 Å². The summed E-state index contributed by atoms with van der Waals surface area (Å²) in [5.41, 5.74) is 3.73. The first-order valence-electron chi connectivity index (χ1n) is 8.99. The molecule has 25 heavy (non-hydrogen) atoms. The molecule has 3 nitrogen and oxygen atoms in total. The van der Waals surface area contributed by atoms with E-state index in [1.165, 1.54) is 6.07 Å². The number of hydrogen-bond donors (Lipinski definition) is 0. The fourth-order valence-corrected chi connectivity index (χ4v) is 3.97. The van der Waals surface area contributed by atoms with Crippen LogP contribution < -0.4 is 0 Å². The molecule has 0 spiro atoms. The van der Waals surface area contributed by atoms with Crippen LogP contribution in [0.4, 0.5) is 4.39 Å². The van der Waals surface area contributed by atoms with Gasteiger partial charge in [0.25, 0.3) is 5.91 Å². The Kier molecular flexibility index (Phi) is 4.53. The van der Waals surface area contributed by atoms with Crippen LogP contribution in [0.3, 0.4) is 0 Å². The number of fused-ring (bicyclic) bond motifs is 1. The monoisotopic (exact) mass is 339 g/mol. The lowest BCUT2D eigenvalue weighted by Gasteiger charge is -2.31. The smallest absolute Gasteiger partial charge is 0.254 e. The molecule has 0 N–H and O–H groups in total. The van der Waals surface area contributed by atoms with E-state index in [9.17, 15) is 9.18 Å². The fraction of sp³-hybridized carbons (Fsp3) is 0.381. The topological polar surface area (TPSA) is 29.5 Å². The molecule has 1 atom stereocenters. The van der Waals surface area contributed by atoms with Crippen LogP contribution in [0.1, 0.15) is 58.8 Å². The van der Waals surface area contributed by atoms with Crippen LogP contribution >= 0.6 is 0 Å². The molecule has 2 aliphatic rings. The Bertz CT molecular complexity index is 789. The highest BCUT2D eigenvalue weighted by Crippen LogP contribution is 2.33. The van der Waals surface area contributed by atoms with E-state index < -0.39 is 0 Å². The molecule has 2 aromatic rings. The summed E-state index contributed by atoms with van der Waals surface area (Å²) in [5, 5.41) is 0. The van der Waals surface area contributed by atoms with Gasteiger partial charge >= 0.3 is 0 Å². The number of likely N-dealkylation sites (tertiary alicyclic amines) is 1. The molecule has 130 valence electrons. The summed E-state index contributed by atoms with van der Waals surface area (Å²) in [7, 11) is 0. The minimum atomic E-state index is -0.247. The molecule has 0 bridgehead atoms. The van der Waals surface area contributed by atoms with Gasteiger partial charge in [0, 0.05) is 12.1 Å². The Morgan fingerprint density at radius 1 is 1.08 bits per heavy atom. The van der Waals surface area contributed by atoms with Crippen LogP contribution in [-0.2, 0) is 18.0 Å². The highest BCUT2D eigenvalue weighted by Gasteiger charge is 2.30. The van der Waals surface area contributed by atoms with E-state index >= 15 is 0 Å². The standard InChI is InChI=1S/C21H22FNO2/c22-17-8-4-6-15(12-17)20-10-2-1-3-11-23(20)21(24)18-9-5-7-16-13-25-14-19(16)18/h4-9,12,20H,1-3,10-11,13-14H2. The van der Waals surface area contributed by atoms with Crippen LogP contribution in [0.15, 0.2) is 42.5 Å². The van der Waals surface area contributed by atoms with E-state index in [1.54, 1.807) is 12.1 Å². The molecule has 1 saturated heterocycles. The number of hydrogen-bond acceptors (Lipinski definition) is 2. The molecule has 4 rings (SSSR count). The lowest BCUT2D eigenvalue weighted by atomic mass is 9.98. The van der Waals surface area contributed by atoms with Gasteiger partial charge in [0.1, 0.15) is 5.82 Å². The van der Waals surface area contributed by atoms with E-state index in [4.69, 9.17) is 4.74 Å². The van der Waals surface area contributed by atoms with Gasteiger partial charge in [-0.05, 0) is 47.7 Å². The van der Waals surface area contributed by atoms with Crippen molar-refractivity contribution in [2.45, 2.75) is 44.9 Å². The summed E-state index contributed by atoms with van der Waals surface area (Å²) in [4.78, 5) is 15.3. The van der Waals surface area contributed by atoms with Gasteiger partial charge in [-0.3, -0.25) is 4.79 Å². The highest BCUT2D eigenvalue weighted by atomic mass is 19.1. The summed E-state index contributed by atoms with van der Waals surface area (Å²) >= 11 is 0. The van der Waals surface area contributed by atoms with Gasteiger partial charge in [-0.2, -0.15) is 0 Å². The zero-order valence-electron chi connectivity index (χ0n) is 14.2. The van der Waals surface area contributed by atoms with Crippen molar-refractivity contribution in [2.24, 2.45) is 0 Å². The SMILES string of the molecule is O=C(c1cccc2c1COC2)N1CCCCCC1c1cccc(F)c1. The quantitative estimate of drug-likeness (QED) is 0.799. The summed E-state index contributed by atoms with van der Waals surface area (Å²) in [6, 6.07) is 12.4. The molecular formula is C21H22FNO2. The minimum Gasteiger partial charge on any atom is -0.372 e. The number of nitrogens with zero attached hydrogens (tertiary/aromatic N) is 1. The molecule has 4 heteroatoms. The minimum absolute atomic E-state index is 0.0403. The van der Waals surface area contributed by atoms with Crippen molar-refractivity contribution in [2.75, 3.05) is 6.54 Å². The number of ether oxygens (including phenoxy) is 1. The van der Waals surface area contributed by atoms with Crippen molar-refractivity contribution in [1.82, 2.24) is 4.90 Å². The fourth-order valence-electron chi connectivity index (χ4n) is 3.97. The predicted octanol–water partition coefficient (Wildman–Crippen LogP) is 4.61. The molecule has 0 radical (unpaired) electrons. The third-order valence-corrected chi connectivity index (χ3v) is 5.25. The molecule has 1 unspecified atom stereocenters. The number of rotatable bonds is 2. The third kappa shape index (κ3) is 3.19. The van der Waals surface area contributed by atoms with Gasteiger partial charge < -0.3 is 9.64 Å². The van der Waals surface area contributed by atoms with Gasteiger partial charge in [0.05, 0.1) is 19.3 Å². The van der Waals surface area contributed by atoms with Crippen LogP contribution in [0.25, 0.3) is 0 Å². The zero-order valence-corrected chi connectivity index (χ0v) is 14.2. The van der Waals surface area contributed by atoms with Crippen molar-refractivity contribution in [1.29, 1.82) is 0 Å². The van der Waals surface area contributed by atoms with Gasteiger partial charge in [0.2, 0.25) is 0 Å². The molecule has 2 aromatic carbocycles. The van der Waals surface area contributed by atoms with Crippen LogP contribution in [0.2, 0.25) is 0 Å². The largest absolute Gasteiger partial charge is 0.372 e. The maximum atomic E-state index is 13.7. The van der Waals surface area contributed by atoms with Crippen LogP contribution in [-0.4, -0.2) is 17.4 Å². The molecule has 0 aromatic heterocycles. The van der Waals surface area contributed by atoms with E-state index in [1.807, 2.05) is 29.2 Å². The second kappa shape index (κ2) is 6.96. The maximum absolute atomic E-state index is 13.7. The maximum Gasteiger partial charge on any atom is 0.254 e. The lowest BCUT2D eigenvalue weighted by Crippen LogP contribution is -2.35. The summed E-state index contributed by atoms with van der Waals surface area (Å²) in [6.45, 7) is 1.78. The van der Waals surface area contributed by atoms with E-state index in [0.717, 1.165) is 47.9 Å². The number of carbonyl (C=O) groups is 1. The van der Waals surface area contributed by atoms with Crippen molar-refractivity contribution in [3.63, 3.8) is 0 Å². The third-order valence-electron chi connectivity index (χ3n) is 5.25. The Hall–Kier alpha value is -2.20. The average Bonchev–Trinajstić information content (AvgIpc) is 2.97. The first-order valence-corrected chi connectivity index (χ1v) is 8.99. The predicted molar refractivity (Wildman–Crippen MR) is 93.6 cm³/mol. The second-order valence-electron chi connectivity index (χ2n) is 6.85. The first-order chi connectivity index (χ1) is 12.2. The molecule has 1 amide bonds. The van der Waals surface area contributed by atoms with Gasteiger partial charge in [-0.1, -0.05) is 37.1 Å². The van der Waals surface area contributed by atoms with Gasteiger partial charge in [-0.15, -0.1) is 0 Å². The number of benzene rings is 2. The number of carbonyl (C=O) groups excluding carboxylic acids is 1. The van der Waals surface area contributed by atoms with Crippen molar-refractivity contribution in [3.05, 3.63) is 70.5 Å². The van der Waals surface area contributed by atoms with Crippen LogP contribution in [0, 0.1) is 5.82 Å². The molecular weight excluding hydrogens is 317 g/mol. The Morgan fingerprint density at radius 2 is 1.96 bits per heavy atom. The molecule has 1 fully saturated rings. The van der Waals surface area contributed by atoms with Gasteiger partial charge in [-0.25, -0.2) is 4.39 Å². The van der Waals surface area contributed by atoms with Crippen molar-refractivity contribution in [3.8, 4) is 0 Å². The summed E-state index contributed by atoms with van der Waals surface area (Å²) in [6.07, 6.45) is 4.02. The zero-order chi connectivity index (χ0) is 17.2. The van der Waals surface area contributed by atoms with E-state index in [0.29, 0.717) is 19.8 Å². The van der Waals surface area contributed by atoms with Crippen molar-refractivity contribution >= 4 is 5.91 Å². The number of amides is 1. The lowest BCUT2D eigenvalue weighted by molar-refractivity contribution is 0.0676. The van der Waals surface area contributed by atoms with E-state index in [-0.39, 0.29) is 17.8 Å². The molecule has 2 heterocycles. The Morgan fingerprint density at radius 3 is 2.84 bits per heavy atom. The molecule has 2 aliphatic heterocycles. The summed E-state index contributed by atoms with van der Waals surface area (Å²) < 4.78 is 19.3. The van der Waals surface area contributed by atoms with Gasteiger partial charge in [0.15, 0.2) is 0 Å². The van der Waals surface area contributed by atoms with Crippen LogP contribution in [0.5, 0.6) is 0 Å². The normalized spacial score (nSPS) is 20.2. The summed E-state index contributed by atoms with van der Waals surface area (Å²) in [5.74, 6) is -0.207. The van der Waals surface area contributed by atoms with Crippen molar-refractivity contribution < 1.29 is 13.9 Å². The Labute approximate surface area is 147 Å². The average molecular weight is 339 g/mol. The highest BCUT2D eigenvalue weighted by molar-refractivity contribution is 5.96. The second-order valence-corrected chi connectivity index (χ2v) is 6.85. The molecule has 0 saturated carbocycles. The Balaban J connectivity index is 1.70. The molecule has 0 aliphatic carbocycles.